The molecule has 1 fully saturated rings. The Labute approximate surface area is 169 Å². The molecular weight excluding hydrogens is 378 g/mol. The van der Waals surface area contributed by atoms with Crippen molar-refractivity contribution in [3.05, 3.63) is 70.5 Å². The molecule has 1 saturated heterocycles. The van der Waals surface area contributed by atoms with Gasteiger partial charge in [0, 0.05) is 29.5 Å². The lowest BCUT2D eigenvalue weighted by Gasteiger charge is -2.26. The van der Waals surface area contributed by atoms with Gasteiger partial charge >= 0.3 is 0 Å². The van der Waals surface area contributed by atoms with E-state index in [0.29, 0.717) is 29.1 Å². The summed E-state index contributed by atoms with van der Waals surface area (Å²) in [5, 5.41) is 11.4. The zero-order chi connectivity index (χ0) is 20.3. The van der Waals surface area contributed by atoms with Gasteiger partial charge in [-0.2, -0.15) is 0 Å². The van der Waals surface area contributed by atoms with Gasteiger partial charge in [0.05, 0.1) is 11.6 Å². The third-order valence-electron chi connectivity index (χ3n) is 4.66. The zero-order valence-electron chi connectivity index (χ0n) is 15.8. The van der Waals surface area contributed by atoms with Crippen LogP contribution in [-0.4, -0.2) is 58.8 Å². The van der Waals surface area contributed by atoms with Crippen molar-refractivity contribution in [1.82, 2.24) is 14.8 Å². The number of nitrogens with zero attached hydrogens (tertiary/aromatic N) is 3. The second kappa shape index (κ2) is 8.54. The van der Waals surface area contributed by atoms with Crippen molar-refractivity contribution in [2.75, 3.05) is 27.2 Å². The second-order valence-corrected chi connectivity index (χ2v) is 7.38. The normalized spacial score (nSPS) is 18.9. The number of carbonyl (C=O) groups excluding carboxylic acids is 2. The Kier molecular flexibility index (Phi) is 6.11. The van der Waals surface area contributed by atoms with Gasteiger partial charge in [0.25, 0.3) is 11.7 Å². The minimum atomic E-state index is -0.691. The average Bonchev–Trinajstić information content (AvgIpc) is 2.93. The summed E-state index contributed by atoms with van der Waals surface area (Å²) in [6.07, 6.45) is 3.75. The van der Waals surface area contributed by atoms with Crippen LogP contribution < -0.4 is 0 Å². The molecule has 2 aromatic rings. The van der Waals surface area contributed by atoms with Crippen molar-refractivity contribution in [3.63, 3.8) is 0 Å². The number of ketones is 1. The van der Waals surface area contributed by atoms with Crippen LogP contribution in [-0.2, 0) is 9.59 Å². The number of amides is 1. The van der Waals surface area contributed by atoms with E-state index in [1.54, 1.807) is 36.4 Å². The van der Waals surface area contributed by atoms with E-state index in [9.17, 15) is 14.7 Å². The van der Waals surface area contributed by atoms with Gasteiger partial charge in [0.15, 0.2) is 0 Å². The number of carbonyl (C=O) groups is 2. The molecule has 0 saturated carbocycles. The fourth-order valence-electron chi connectivity index (χ4n) is 3.36. The van der Waals surface area contributed by atoms with Crippen LogP contribution in [0, 0.1) is 0 Å². The summed E-state index contributed by atoms with van der Waals surface area (Å²) in [5.41, 5.74) is 1.20. The van der Waals surface area contributed by atoms with Gasteiger partial charge in [-0.25, -0.2) is 0 Å². The Morgan fingerprint density at radius 2 is 1.93 bits per heavy atom. The lowest BCUT2D eigenvalue weighted by molar-refractivity contribution is -0.139. The highest BCUT2D eigenvalue weighted by Crippen LogP contribution is 2.39. The number of rotatable bonds is 6. The van der Waals surface area contributed by atoms with E-state index >= 15 is 0 Å². The van der Waals surface area contributed by atoms with Gasteiger partial charge in [0.2, 0.25) is 0 Å². The Morgan fingerprint density at radius 3 is 2.57 bits per heavy atom. The summed E-state index contributed by atoms with van der Waals surface area (Å²) < 4.78 is 0. The average molecular weight is 400 g/mol. The molecule has 0 radical (unpaired) electrons. The van der Waals surface area contributed by atoms with Crippen LogP contribution in [0.5, 0.6) is 0 Å². The summed E-state index contributed by atoms with van der Waals surface area (Å²) >= 11 is 6.15. The van der Waals surface area contributed by atoms with Crippen LogP contribution >= 0.6 is 11.6 Å². The summed E-state index contributed by atoms with van der Waals surface area (Å²) in [6.45, 7) is 1.17. The number of halogens is 1. The molecule has 0 unspecified atom stereocenters. The van der Waals surface area contributed by atoms with Crippen molar-refractivity contribution in [3.8, 4) is 0 Å². The molecule has 28 heavy (non-hydrogen) atoms. The van der Waals surface area contributed by atoms with Gasteiger partial charge in [0.1, 0.15) is 5.76 Å². The maximum Gasteiger partial charge on any atom is 0.295 e. The lowest BCUT2D eigenvalue weighted by Crippen LogP contribution is -2.32. The Hall–Kier alpha value is -2.70. The number of hydrogen-bond acceptors (Lipinski definition) is 5. The van der Waals surface area contributed by atoms with Gasteiger partial charge in [-0.15, -0.1) is 0 Å². The predicted octanol–water partition coefficient (Wildman–Crippen LogP) is 3.11. The van der Waals surface area contributed by atoms with E-state index in [1.165, 1.54) is 17.3 Å². The molecule has 0 spiro atoms. The Morgan fingerprint density at radius 1 is 1.21 bits per heavy atom. The van der Waals surface area contributed by atoms with Crippen LogP contribution in [0.2, 0.25) is 5.02 Å². The molecule has 3 rings (SSSR count). The Balaban J connectivity index is 2.08. The molecule has 1 atom stereocenters. The summed E-state index contributed by atoms with van der Waals surface area (Å²) in [4.78, 5) is 33.1. The van der Waals surface area contributed by atoms with Gasteiger partial charge < -0.3 is 14.9 Å². The van der Waals surface area contributed by atoms with Gasteiger partial charge in [-0.1, -0.05) is 23.7 Å². The highest BCUT2D eigenvalue weighted by molar-refractivity contribution is 6.46. The fourth-order valence-corrected chi connectivity index (χ4v) is 3.56. The van der Waals surface area contributed by atoms with Crippen LogP contribution in [0.25, 0.3) is 5.76 Å². The highest BCUT2D eigenvalue weighted by atomic mass is 35.5. The molecule has 1 N–H and O–H groups in total. The predicted molar refractivity (Wildman–Crippen MR) is 108 cm³/mol. The molecule has 1 aliphatic heterocycles. The van der Waals surface area contributed by atoms with Crippen molar-refractivity contribution >= 4 is 29.1 Å². The van der Waals surface area contributed by atoms with E-state index in [4.69, 9.17) is 11.6 Å². The summed E-state index contributed by atoms with van der Waals surface area (Å²) in [7, 11) is 3.90. The number of Topliss-reactive ketones (excluding diaryl/α,β-unsaturated/α-hetero) is 1. The number of hydrogen-bond donors (Lipinski definition) is 1. The first-order valence-electron chi connectivity index (χ1n) is 8.99. The third kappa shape index (κ3) is 4.08. The maximum absolute atomic E-state index is 12.8. The molecular formula is C21H22ClN3O3. The first kappa shape index (κ1) is 20.0. The minimum Gasteiger partial charge on any atom is -0.507 e. The summed E-state index contributed by atoms with van der Waals surface area (Å²) in [6, 6.07) is 9.54. The molecule has 1 aromatic heterocycles. The number of aliphatic hydroxyl groups excluding tert-OH is 1. The lowest BCUT2D eigenvalue weighted by atomic mass is 9.95. The Bertz CT molecular complexity index is 912. The van der Waals surface area contributed by atoms with Crippen LogP contribution in [0.3, 0.4) is 0 Å². The molecule has 2 heterocycles. The van der Waals surface area contributed by atoms with Crippen LogP contribution in [0.15, 0.2) is 54.4 Å². The van der Waals surface area contributed by atoms with E-state index in [-0.39, 0.29) is 11.3 Å². The maximum atomic E-state index is 12.8. The number of aromatic nitrogens is 1. The number of likely N-dealkylation sites (tertiary alicyclic amines) is 1. The topological polar surface area (TPSA) is 73.7 Å². The van der Waals surface area contributed by atoms with Crippen LogP contribution in [0.1, 0.15) is 23.6 Å². The van der Waals surface area contributed by atoms with E-state index < -0.39 is 17.7 Å². The van der Waals surface area contributed by atoms with Crippen molar-refractivity contribution in [2.24, 2.45) is 0 Å². The largest absolute Gasteiger partial charge is 0.507 e. The monoisotopic (exact) mass is 399 g/mol. The third-order valence-corrected chi connectivity index (χ3v) is 4.90. The standard InChI is InChI=1S/C21H22ClN3O3/c1-24(2)11-4-12-25-18(15-5-3-6-16(22)13-15)17(20(27)21(25)28)19(26)14-7-9-23-10-8-14/h3,5-10,13,18,26H,4,11-12H2,1-2H3/t18-/m0/s1. The van der Waals surface area contributed by atoms with E-state index in [0.717, 1.165) is 6.54 Å². The fraction of sp³-hybridized carbons (Fsp3) is 0.286. The first-order chi connectivity index (χ1) is 13.4. The minimum absolute atomic E-state index is 0.0725. The number of benzene rings is 1. The zero-order valence-corrected chi connectivity index (χ0v) is 16.6. The molecule has 1 amide bonds. The van der Waals surface area contributed by atoms with E-state index in [2.05, 4.69) is 4.98 Å². The molecule has 146 valence electrons. The smallest absolute Gasteiger partial charge is 0.295 e. The van der Waals surface area contributed by atoms with Gasteiger partial charge in [-0.3, -0.25) is 14.6 Å². The number of pyridine rings is 1. The highest BCUT2D eigenvalue weighted by Gasteiger charge is 2.45. The molecule has 0 bridgehead atoms. The van der Waals surface area contributed by atoms with Crippen molar-refractivity contribution in [1.29, 1.82) is 0 Å². The second-order valence-electron chi connectivity index (χ2n) is 6.94. The quantitative estimate of drug-likeness (QED) is 0.459. The molecule has 1 aromatic carbocycles. The molecule has 0 aliphatic carbocycles. The first-order valence-corrected chi connectivity index (χ1v) is 9.37. The molecule has 6 nitrogen and oxygen atoms in total. The van der Waals surface area contributed by atoms with Crippen molar-refractivity contribution in [2.45, 2.75) is 12.5 Å². The molecule has 1 aliphatic rings. The van der Waals surface area contributed by atoms with E-state index in [1.807, 2.05) is 19.0 Å². The van der Waals surface area contributed by atoms with Crippen molar-refractivity contribution < 1.29 is 14.7 Å². The number of aliphatic hydroxyl groups is 1. The summed E-state index contributed by atoms with van der Waals surface area (Å²) in [5.74, 6) is -1.51. The van der Waals surface area contributed by atoms with Crippen LogP contribution in [0.4, 0.5) is 0 Å². The SMILES string of the molecule is CN(C)CCCN1C(=O)C(=O)C(=C(O)c2ccncc2)[C@@H]1c1cccc(Cl)c1. The molecule has 7 heteroatoms. The van der Waals surface area contributed by atoms with Gasteiger partial charge in [-0.05, 0) is 56.9 Å².